The maximum Gasteiger partial charge on any atom is 0.269 e. The number of carbonyl (C=O) groups is 2. The number of ether oxygens (including phenoxy) is 1. The van der Waals surface area contributed by atoms with Gasteiger partial charge in [0, 0.05) is 25.0 Å². The minimum absolute atomic E-state index is 0.0157. The SMILES string of the molecule is Cc1ccc(NCOCC(=O)NCCCNC(=O)c2ccccn2)cc1C. The average molecular weight is 370 g/mol. The molecule has 0 fully saturated rings. The molecule has 0 spiro atoms. The van der Waals surface area contributed by atoms with Gasteiger partial charge in [0.05, 0.1) is 0 Å². The molecular weight excluding hydrogens is 344 g/mol. The second-order valence-corrected chi connectivity index (χ2v) is 6.14. The van der Waals surface area contributed by atoms with Gasteiger partial charge in [-0.25, -0.2) is 0 Å². The first-order valence-electron chi connectivity index (χ1n) is 8.91. The Kier molecular flexibility index (Phi) is 8.25. The van der Waals surface area contributed by atoms with Crippen LogP contribution in [0.15, 0.2) is 42.6 Å². The van der Waals surface area contributed by atoms with Crippen molar-refractivity contribution in [3.8, 4) is 0 Å². The summed E-state index contributed by atoms with van der Waals surface area (Å²) >= 11 is 0. The number of anilines is 1. The van der Waals surface area contributed by atoms with Gasteiger partial charge >= 0.3 is 0 Å². The predicted octanol–water partition coefficient (Wildman–Crippen LogP) is 2.02. The second kappa shape index (κ2) is 10.9. The molecule has 2 aromatic rings. The molecule has 7 heteroatoms. The summed E-state index contributed by atoms with van der Waals surface area (Å²) in [5, 5.41) is 8.63. The van der Waals surface area contributed by atoms with Crippen molar-refractivity contribution in [2.45, 2.75) is 20.3 Å². The summed E-state index contributed by atoms with van der Waals surface area (Å²) in [6.07, 6.45) is 2.20. The van der Waals surface area contributed by atoms with Crippen molar-refractivity contribution in [2.24, 2.45) is 0 Å². The number of hydrogen-bond donors (Lipinski definition) is 3. The first kappa shape index (κ1) is 20.4. The number of nitrogens with one attached hydrogen (secondary N) is 3. The zero-order valence-electron chi connectivity index (χ0n) is 15.7. The van der Waals surface area contributed by atoms with Gasteiger partial charge in [0.2, 0.25) is 5.91 Å². The molecular formula is C20H26N4O3. The van der Waals surface area contributed by atoms with E-state index in [-0.39, 0.29) is 25.2 Å². The number of carbonyl (C=O) groups excluding carboxylic acids is 2. The lowest BCUT2D eigenvalue weighted by Gasteiger charge is -2.10. The van der Waals surface area contributed by atoms with E-state index < -0.39 is 0 Å². The van der Waals surface area contributed by atoms with E-state index in [1.54, 1.807) is 24.4 Å². The lowest BCUT2D eigenvalue weighted by Crippen LogP contribution is -2.32. The highest BCUT2D eigenvalue weighted by Crippen LogP contribution is 2.13. The van der Waals surface area contributed by atoms with E-state index in [4.69, 9.17) is 4.74 Å². The van der Waals surface area contributed by atoms with Gasteiger partial charge in [0.25, 0.3) is 5.91 Å². The molecule has 0 unspecified atom stereocenters. The Bertz CT molecular complexity index is 750. The lowest BCUT2D eigenvalue weighted by molar-refractivity contribution is -0.125. The highest BCUT2D eigenvalue weighted by Gasteiger charge is 2.05. The molecule has 1 aromatic carbocycles. The van der Waals surface area contributed by atoms with Crippen LogP contribution in [0.2, 0.25) is 0 Å². The van der Waals surface area contributed by atoms with Crippen molar-refractivity contribution in [3.63, 3.8) is 0 Å². The zero-order chi connectivity index (χ0) is 19.5. The third-order valence-electron chi connectivity index (χ3n) is 3.98. The van der Waals surface area contributed by atoms with Crippen LogP contribution in [0.5, 0.6) is 0 Å². The third kappa shape index (κ3) is 7.45. The highest BCUT2D eigenvalue weighted by atomic mass is 16.5. The first-order valence-corrected chi connectivity index (χ1v) is 8.91. The van der Waals surface area contributed by atoms with Crippen molar-refractivity contribution >= 4 is 17.5 Å². The summed E-state index contributed by atoms with van der Waals surface area (Å²) in [5.74, 6) is -0.407. The number of nitrogens with zero attached hydrogens (tertiary/aromatic N) is 1. The van der Waals surface area contributed by atoms with Crippen LogP contribution in [0.25, 0.3) is 0 Å². The number of benzene rings is 1. The number of rotatable bonds is 10. The van der Waals surface area contributed by atoms with E-state index in [1.165, 1.54) is 11.1 Å². The maximum atomic E-state index is 11.8. The zero-order valence-corrected chi connectivity index (χ0v) is 15.7. The lowest BCUT2D eigenvalue weighted by atomic mass is 10.1. The standard InChI is InChI=1S/C20H26N4O3/c1-15-7-8-17(12-16(15)2)24-14-27-13-19(25)22-10-5-11-23-20(26)18-6-3-4-9-21-18/h3-4,6-9,12,24H,5,10-11,13-14H2,1-2H3,(H,22,25)(H,23,26). The Labute approximate surface area is 159 Å². The fraction of sp³-hybridized carbons (Fsp3) is 0.350. The Morgan fingerprint density at radius 1 is 1.04 bits per heavy atom. The van der Waals surface area contributed by atoms with Crippen molar-refractivity contribution in [1.29, 1.82) is 0 Å². The molecule has 144 valence electrons. The molecule has 0 radical (unpaired) electrons. The molecule has 3 N–H and O–H groups in total. The highest BCUT2D eigenvalue weighted by molar-refractivity contribution is 5.92. The molecule has 7 nitrogen and oxygen atoms in total. The van der Waals surface area contributed by atoms with E-state index >= 15 is 0 Å². The fourth-order valence-electron chi connectivity index (χ4n) is 2.29. The molecule has 1 heterocycles. The smallest absolute Gasteiger partial charge is 0.269 e. The Morgan fingerprint density at radius 2 is 1.85 bits per heavy atom. The van der Waals surface area contributed by atoms with Crippen LogP contribution >= 0.6 is 0 Å². The van der Waals surface area contributed by atoms with Gasteiger partial charge < -0.3 is 20.7 Å². The largest absolute Gasteiger partial charge is 0.363 e. The monoisotopic (exact) mass is 370 g/mol. The summed E-state index contributed by atoms with van der Waals surface area (Å²) in [7, 11) is 0. The molecule has 0 saturated heterocycles. The topological polar surface area (TPSA) is 92.4 Å². The normalized spacial score (nSPS) is 10.3. The molecule has 0 saturated carbocycles. The number of pyridine rings is 1. The van der Waals surface area contributed by atoms with Gasteiger partial charge in [-0.15, -0.1) is 0 Å². The van der Waals surface area contributed by atoms with E-state index in [9.17, 15) is 9.59 Å². The Hall–Kier alpha value is -2.93. The van der Waals surface area contributed by atoms with Gasteiger partial charge in [-0.1, -0.05) is 12.1 Å². The Morgan fingerprint density at radius 3 is 2.59 bits per heavy atom. The summed E-state index contributed by atoms with van der Waals surface area (Å²) < 4.78 is 5.32. The summed E-state index contributed by atoms with van der Waals surface area (Å²) in [4.78, 5) is 27.5. The van der Waals surface area contributed by atoms with Crippen LogP contribution in [0.3, 0.4) is 0 Å². The van der Waals surface area contributed by atoms with Crippen LogP contribution in [0, 0.1) is 13.8 Å². The number of aromatic nitrogens is 1. The first-order chi connectivity index (χ1) is 13.1. The molecule has 0 aliphatic carbocycles. The van der Waals surface area contributed by atoms with Crippen LogP contribution in [-0.4, -0.2) is 43.2 Å². The molecule has 1 aromatic heterocycles. The van der Waals surface area contributed by atoms with Gasteiger partial charge in [0.15, 0.2) is 0 Å². The summed E-state index contributed by atoms with van der Waals surface area (Å²) in [6, 6.07) is 11.2. The van der Waals surface area contributed by atoms with Crippen LogP contribution in [0.4, 0.5) is 5.69 Å². The second-order valence-electron chi connectivity index (χ2n) is 6.14. The van der Waals surface area contributed by atoms with E-state index in [0.29, 0.717) is 25.2 Å². The number of aryl methyl sites for hydroxylation is 2. The van der Waals surface area contributed by atoms with Gasteiger partial charge in [-0.2, -0.15) is 0 Å². The van der Waals surface area contributed by atoms with E-state index in [0.717, 1.165) is 5.69 Å². The molecule has 0 atom stereocenters. The van der Waals surface area contributed by atoms with Crippen molar-refractivity contribution in [2.75, 3.05) is 31.7 Å². The number of hydrogen-bond acceptors (Lipinski definition) is 5. The van der Waals surface area contributed by atoms with E-state index in [1.807, 2.05) is 25.1 Å². The average Bonchev–Trinajstić information content (AvgIpc) is 2.68. The van der Waals surface area contributed by atoms with Gasteiger partial charge in [0.1, 0.15) is 19.0 Å². The maximum absolute atomic E-state index is 11.8. The summed E-state index contributed by atoms with van der Waals surface area (Å²) in [6.45, 7) is 5.28. The van der Waals surface area contributed by atoms with Crippen LogP contribution in [0.1, 0.15) is 28.0 Å². The van der Waals surface area contributed by atoms with Gasteiger partial charge in [-0.05, 0) is 55.7 Å². The molecule has 0 aliphatic heterocycles. The van der Waals surface area contributed by atoms with E-state index in [2.05, 4.69) is 27.9 Å². The predicted molar refractivity (Wildman–Crippen MR) is 105 cm³/mol. The minimum Gasteiger partial charge on any atom is -0.363 e. The molecule has 2 rings (SSSR count). The molecule has 0 bridgehead atoms. The van der Waals surface area contributed by atoms with Crippen LogP contribution in [-0.2, 0) is 9.53 Å². The fourth-order valence-corrected chi connectivity index (χ4v) is 2.29. The molecule has 0 aliphatic rings. The molecule has 2 amide bonds. The quantitative estimate of drug-likeness (QED) is 0.440. The number of amides is 2. The van der Waals surface area contributed by atoms with Gasteiger partial charge in [-0.3, -0.25) is 14.6 Å². The molecule has 27 heavy (non-hydrogen) atoms. The third-order valence-corrected chi connectivity index (χ3v) is 3.98. The minimum atomic E-state index is -0.220. The Balaban J connectivity index is 1.51. The summed E-state index contributed by atoms with van der Waals surface area (Å²) in [5.41, 5.74) is 3.78. The van der Waals surface area contributed by atoms with Crippen molar-refractivity contribution < 1.29 is 14.3 Å². The van der Waals surface area contributed by atoms with Crippen molar-refractivity contribution in [1.82, 2.24) is 15.6 Å². The van der Waals surface area contributed by atoms with Crippen molar-refractivity contribution in [3.05, 3.63) is 59.4 Å². The van der Waals surface area contributed by atoms with Crippen LogP contribution < -0.4 is 16.0 Å².